The van der Waals surface area contributed by atoms with Crippen LogP contribution in [0.25, 0.3) is 0 Å². The SMILES string of the molecule is O[C@H]1[C@@H]2[C@H]3[C@@H]4C[C@H]5[C@H]([C@H]2[C@@H]53)[C@@H]14. The Bertz CT molecular complexity index is 264. The summed E-state index contributed by atoms with van der Waals surface area (Å²) in [5.41, 5.74) is 0. The van der Waals surface area contributed by atoms with Gasteiger partial charge in [0.2, 0.25) is 0 Å². The number of rotatable bonds is 0. The van der Waals surface area contributed by atoms with Crippen LogP contribution in [0.15, 0.2) is 0 Å². The summed E-state index contributed by atoms with van der Waals surface area (Å²) in [5, 5.41) is 9.92. The highest BCUT2D eigenvalue weighted by Crippen LogP contribution is 2.88. The van der Waals surface area contributed by atoms with E-state index in [0.717, 1.165) is 47.3 Å². The van der Waals surface area contributed by atoms with Crippen molar-refractivity contribution in [1.29, 1.82) is 0 Å². The molecule has 9 atom stereocenters. The fourth-order valence-electron chi connectivity index (χ4n) is 6.15. The second-order valence-electron chi connectivity index (χ2n) is 5.52. The van der Waals surface area contributed by atoms with Crippen LogP contribution in [0.1, 0.15) is 6.42 Å². The molecule has 4 bridgehead atoms. The van der Waals surface area contributed by atoms with Crippen LogP contribution in [0.4, 0.5) is 0 Å². The van der Waals surface area contributed by atoms with Crippen molar-refractivity contribution in [3.63, 3.8) is 0 Å². The molecule has 0 aromatic heterocycles. The van der Waals surface area contributed by atoms with Gasteiger partial charge in [-0.15, -0.1) is 0 Å². The number of hydrogen-bond acceptors (Lipinski definition) is 1. The summed E-state index contributed by atoms with van der Waals surface area (Å²) in [5.74, 6) is 7.91. The van der Waals surface area contributed by atoms with Crippen LogP contribution in [0, 0.1) is 47.3 Å². The van der Waals surface area contributed by atoms with Gasteiger partial charge in [0.15, 0.2) is 0 Å². The highest BCUT2D eigenvalue weighted by atomic mass is 16.3. The summed E-state index contributed by atoms with van der Waals surface area (Å²) >= 11 is 0. The Morgan fingerprint density at radius 3 is 2.00 bits per heavy atom. The molecule has 0 aromatic rings. The summed E-state index contributed by atoms with van der Waals surface area (Å²) in [6, 6.07) is 0. The molecule has 0 aromatic carbocycles. The highest BCUT2D eigenvalue weighted by Gasteiger charge is 2.86. The molecule has 0 amide bonds. The Morgan fingerprint density at radius 1 is 0.727 bits per heavy atom. The smallest absolute Gasteiger partial charge is 0.0607 e. The van der Waals surface area contributed by atoms with E-state index in [1.807, 2.05) is 0 Å². The molecule has 1 N–H and O–H groups in total. The van der Waals surface area contributed by atoms with Gasteiger partial charge in [0.1, 0.15) is 0 Å². The Balaban J connectivity index is 1.88. The molecule has 58 valence electrons. The van der Waals surface area contributed by atoms with Crippen molar-refractivity contribution in [2.24, 2.45) is 47.3 Å². The average Bonchev–Trinajstić information content (AvgIpc) is 2.40. The topological polar surface area (TPSA) is 20.2 Å². The lowest BCUT2D eigenvalue weighted by atomic mass is 9.41. The summed E-state index contributed by atoms with van der Waals surface area (Å²) in [4.78, 5) is 0. The minimum atomic E-state index is 0.156. The van der Waals surface area contributed by atoms with Crippen molar-refractivity contribution in [2.45, 2.75) is 12.5 Å². The summed E-state index contributed by atoms with van der Waals surface area (Å²) in [6.45, 7) is 0. The Morgan fingerprint density at radius 2 is 1.36 bits per heavy atom. The third-order valence-electron chi connectivity index (χ3n) is 5.98. The first-order chi connectivity index (χ1) is 5.39. The number of hydrogen-bond donors (Lipinski definition) is 1. The third-order valence-corrected chi connectivity index (χ3v) is 5.98. The van der Waals surface area contributed by atoms with E-state index in [0.29, 0.717) is 0 Å². The highest BCUT2D eigenvalue weighted by molar-refractivity contribution is 5.33. The van der Waals surface area contributed by atoms with Gasteiger partial charge in [-0.2, -0.15) is 0 Å². The predicted octanol–water partition coefficient (Wildman–Crippen LogP) is 0.735. The van der Waals surface area contributed by atoms with Gasteiger partial charge >= 0.3 is 0 Å². The van der Waals surface area contributed by atoms with Crippen molar-refractivity contribution < 1.29 is 5.11 Å². The van der Waals surface area contributed by atoms with E-state index in [-0.39, 0.29) is 6.10 Å². The van der Waals surface area contributed by atoms with Gasteiger partial charge in [-0.1, -0.05) is 0 Å². The molecule has 1 nitrogen and oxygen atoms in total. The maximum absolute atomic E-state index is 9.92. The van der Waals surface area contributed by atoms with Gasteiger partial charge in [-0.3, -0.25) is 0 Å². The molecule has 6 aliphatic rings. The Hall–Kier alpha value is -0.0400. The quantitative estimate of drug-likeness (QED) is 0.537. The zero-order valence-corrected chi connectivity index (χ0v) is 6.35. The van der Waals surface area contributed by atoms with Crippen molar-refractivity contribution in [1.82, 2.24) is 0 Å². The van der Waals surface area contributed by atoms with Gasteiger partial charge in [0.05, 0.1) is 6.10 Å². The summed E-state index contributed by atoms with van der Waals surface area (Å²) < 4.78 is 0. The molecule has 0 unspecified atom stereocenters. The molecule has 1 heteroatoms. The molecule has 6 rings (SSSR count). The van der Waals surface area contributed by atoms with Crippen molar-refractivity contribution in [2.75, 3.05) is 0 Å². The Labute approximate surface area is 65.8 Å². The molecule has 6 fully saturated rings. The number of aliphatic hydroxyl groups is 1. The fourth-order valence-corrected chi connectivity index (χ4v) is 6.15. The van der Waals surface area contributed by atoms with E-state index in [2.05, 4.69) is 0 Å². The van der Waals surface area contributed by atoms with Crippen molar-refractivity contribution in [3.8, 4) is 0 Å². The molecular weight excluding hydrogens is 136 g/mol. The molecule has 0 saturated heterocycles. The summed E-state index contributed by atoms with van der Waals surface area (Å²) in [6.07, 6.45) is 1.66. The molecule has 0 spiro atoms. The lowest BCUT2D eigenvalue weighted by molar-refractivity contribution is -0.172. The van der Waals surface area contributed by atoms with Crippen LogP contribution in [-0.2, 0) is 0 Å². The number of aliphatic hydroxyl groups excluding tert-OH is 1. The molecule has 0 radical (unpaired) electrons. The van der Waals surface area contributed by atoms with Crippen LogP contribution in [0.2, 0.25) is 0 Å². The standard InChI is InChI=1S/C10H12O/c11-10-7-3-1-2-4-5(3)9(10)8(4)6(2)7/h2-11H,1H2/t2-,3+,4+,5+,6+,7+,8-,9-,10-/m1/s1. The second-order valence-corrected chi connectivity index (χ2v) is 5.52. The normalized spacial score (nSPS) is 90.8. The molecule has 0 aliphatic heterocycles. The first-order valence-corrected chi connectivity index (χ1v) is 5.07. The van der Waals surface area contributed by atoms with Gasteiger partial charge < -0.3 is 5.11 Å². The monoisotopic (exact) mass is 148 g/mol. The van der Waals surface area contributed by atoms with Crippen molar-refractivity contribution in [3.05, 3.63) is 0 Å². The lowest BCUT2D eigenvalue weighted by Crippen LogP contribution is -2.60. The zero-order chi connectivity index (χ0) is 6.90. The molecule has 0 heterocycles. The van der Waals surface area contributed by atoms with Gasteiger partial charge in [-0.05, 0) is 53.8 Å². The molecule has 11 heavy (non-hydrogen) atoms. The van der Waals surface area contributed by atoms with E-state index >= 15 is 0 Å². The van der Waals surface area contributed by atoms with Gasteiger partial charge in [0.25, 0.3) is 0 Å². The molecule has 6 saturated carbocycles. The molecular formula is C10H12O. The largest absolute Gasteiger partial charge is 0.393 e. The van der Waals surface area contributed by atoms with Crippen LogP contribution in [0.3, 0.4) is 0 Å². The van der Waals surface area contributed by atoms with E-state index in [4.69, 9.17) is 0 Å². The van der Waals surface area contributed by atoms with Crippen LogP contribution in [0.5, 0.6) is 0 Å². The lowest BCUT2D eigenvalue weighted by Gasteiger charge is -2.63. The summed E-state index contributed by atoms with van der Waals surface area (Å²) in [7, 11) is 0. The minimum absolute atomic E-state index is 0.156. The fraction of sp³-hybridized carbons (Fsp3) is 1.00. The van der Waals surface area contributed by atoms with Gasteiger partial charge in [0, 0.05) is 0 Å². The zero-order valence-electron chi connectivity index (χ0n) is 6.35. The molecule has 6 aliphatic carbocycles. The van der Waals surface area contributed by atoms with Crippen LogP contribution >= 0.6 is 0 Å². The second kappa shape index (κ2) is 1.02. The first kappa shape index (κ1) is 4.86. The predicted molar refractivity (Wildman–Crippen MR) is 38.5 cm³/mol. The van der Waals surface area contributed by atoms with E-state index in [1.54, 1.807) is 0 Å². The van der Waals surface area contributed by atoms with Crippen LogP contribution in [-0.4, -0.2) is 11.2 Å². The van der Waals surface area contributed by atoms with Gasteiger partial charge in [-0.25, -0.2) is 0 Å². The maximum atomic E-state index is 9.92. The Kier molecular flexibility index (Phi) is 0.452. The minimum Gasteiger partial charge on any atom is -0.393 e. The average molecular weight is 148 g/mol. The van der Waals surface area contributed by atoms with E-state index < -0.39 is 0 Å². The first-order valence-electron chi connectivity index (χ1n) is 5.07. The maximum Gasteiger partial charge on any atom is 0.0607 e. The van der Waals surface area contributed by atoms with Crippen LogP contribution < -0.4 is 0 Å². The van der Waals surface area contributed by atoms with E-state index in [1.165, 1.54) is 6.42 Å². The van der Waals surface area contributed by atoms with Crippen molar-refractivity contribution >= 4 is 0 Å². The van der Waals surface area contributed by atoms with E-state index in [9.17, 15) is 5.11 Å². The third kappa shape index (κ3) is 0.234.